The highest BCUT2D eigenvalue weighted by Gasteiger charge is 2.47. The summed E-state index contributed by atoms with van der Waals surface area (Å²) in [7, 11) is 1.81. The lowest BCUT2D eigenvalue weighted by Crippen LogP contribution is -2.35. The fourth-order valence-corrected chi connectivity index (χ4v) is 6.10. The minimum atomic E-state index is -0.892. The number of aromatic carboxylic acids is 1. The highest BCUT2D eigenvalue weighted by molar-refractivity contribution is 5.87. The number of hydrogen-bond donors (Lipinski definition) is 1. The molecular formula is C28H36O3. The molecule has 166 valence electrons. The van der Waals surface area contributed by atoms with Crippen LogP contribution >= 0.6 is 0 Å². The van der Waals surface area contributed by atoms with E-state index in [2.05, 4.69) is 46.8 Å². The summed E-state index contributed by atoms with van der Waals surface area (Å²) >= 11 is 0. The first-order valence-electron chi connectivity index (χ1n) is 11.6. The lowest BCUT2D eigenvalue weighted by molar-refractivity contribution is -0.0240. The Labute approximate surface area is 186 Å². The Morgan fingerprint density at radius 3 is 2.10 bits per heavy atom. The molecule has 2 aliphatic carbocycles. The van der Waals surface area contributed by atoms with E-state index in [0.29, 0.717) is 5.56 Å². The Bertz CT molecular complexity index is 1000. The number of fused-ring (bicyclic) bond motifs is 1. The van der Waals surface area contributed by atoms with Crippen LogP contribution in [0.25, 0.3) is 0 Å². The van der Waals surface area contributed by atoms with Gasteiger partial charge >= 0.3 is 5.97 Å². The number of carbonyl (C=O) groups is 1. The Morgan fingerprint density at radius 1 is 0.968 bits per heavy atom. The molecule has 4 rings (SSSR count). The van der Waals surface area contributed by atoms with Crippen molar-refractivity contribution in [3.8, 4) is 0 Å². The fraction of sp³-hybridized carbons (Fsp3) is 0.536. The summed E-state index contributed by atoms with van der Waals surface area (Å²) in [6, 6.07) is 12.2. The van der Waals surface area contributed by atoms with Crippen LogP contribution in [0.5, 0.6) is 0 Å². The van der Waals surface area contributed by atoms with Crippen molar-refractivity contribution in [3.05, 3.63) is 69.8 Å². The highest BCUT2D eigenvalue weighted by atomic mass is 16.5. The molecule has 31 heavy (non-hydrogen) atoms. The van der Waals surface area contributed by atoms with Crippen molar-refractivity contribution >= 4 is 5.97 Å². The van der Waals surface area contributed by atoms with Crippen LogP contribution in [0.3, 0.4) is 0 Å². The molecule has 0 saturated heterocycles. The number of hydrogen-bond acceptors (Lipinski definition) is 2. The zero-order valence-corrected chi connectivity index (χ0v) is 19.8. The van der Waals surface area contributed by atoms with Crippen LogP contribution in [-0.4, -0.2) is 18.2 Å². The second kappa shape index (κ2) is 7.48. The first-order chi connectivity index (χ1) is 14.5. The smallest absolute Gasteiger partial charge is 0.335 e. The highest BCUT2D eigenvalue weighted by Crippen LogP contribution is 2.54. The summed E-state index contributed by atoms with van der Waals surface area (Å²) in [6.07, 6.45) is 5.55. The number of carboxylic acids is 1. The maximum atomic E-state index is 11.3. The van der Waals surface area contributed by atoms with E-state index in [4.69, 9.17) is 4.74 Å². The van der Waals surface area contributed by atoms with Gasteiger partial charge in [0, 0.05) is 13.0 Å². The normalized spacial score (nSPS) is 26.5. The third-order valence-electron chi connectivity index (χ3n) is 8.20. The van der Waals surface area contributed by atoms with E-state index in [9.17, 15) is 9.90 Å². The number of rotatable bonds is 4. The standard InChI is InChI=1S/C28H36O3/c1-18-16-23-24(27(4,5)15-14-26(23,2)3)17-21(18)22-8-7-13-28(22,31-6)20-11-9-19(10-12-20)25(29)30/h9-12,16-17,22H,7-8,13-15H2,1-6H3,(H,29,30). The molecule has 2 aromatic rings. The second-order valence-corrected chi connectivity index (χ2v) is 10.9. The summed E-state index contributed by atoms with van der Waals surface area (Å²) in [5.74, 6) is -0.629. The van der Waals surface area contributed by atoms with Crippen molar-refractivity contribution in [2.75, 3.05) is 7.11 Å². The van der Waals surface area contributed by atoms with Crippen molar-refractivity contribution in [3.63, 3.8) is 0 Å². The van der Waals surface area contributed by atoms with Gasteiger partial charge < -0.3 is 9.84 Å². The molecule has 0 radical (unpaired) electrons. The van der Waals surface area contributed by atoms with Crippen LogP contribution in [-0.2, 0) is 21.2 Å². The number of methoxy groups -OCH3 is 1. The van der Waals surface area contributed by atoms with E-state index in [1.54, 1.807) is 12.1 Å². The predicted molar refractivity (Wildman–Crippen MR) is 125 cm³/mol. The molecule has 1 saturated carbocycles. The zero-order chi connectivity index (χ0) is 22.6. The monoisotopic (exact) mass is 420 g/mol. The summed E-state index contributed by atoms with van der Waals surface area (Å²) in [5.41, 5.74) is 7.09. The summed E-state index contributed by atoms with van der Waals surface area (Å²) in [4.78, 5) is 11.3. The molecule has 0 spiro atoms. The van der Waals surface area contributed by atoms with Gasteiger partial charge in [0.05, 0.1) is 11.2 Å². The van der Waals surface area contributed by atoms with Crippen LogP contribution in [0.4, 0.5) is 0 Å². The molecule has 2 aromatic carbocycles. The van der Waals surface area contributed by atoms with Crippen LogP contribution in [0.2, 0.25) is 0 Å². The molecule has 3 nitrogen and oxygen atoms in total. The summed E-state index contributed by atoms with van der Waals surface area (Å²) in [6.45, 7) is 11.8. The van der Waals surface area contributed by atoms with E-state index >= 15 is 0 Å². The van der Waals surface area contributed by atoms with Crippen LogP contribution in [0.1, 0.15) is 104 Å². The van der Waals surface area contributed by atoms with Gasteiger partial charge in [-0.2, -0.15) is 0 Å². The number of carboxylic acid groups (broad SMARTS) is 1. The van der Waals surface area contributed by atoms with Crippen molar-refractivity contribution in [2.45, 2.75) is 89.1 Å². The van der Waals surface area contributed by atoms with Gasteiger partial charge in [-0.3, -0.25) is 0 Å². The largest absolute Gasteiger partial charge is 0.478 e. The Hall–Kier alpha value is -2.13. The maximum absolute atomic E-state index is 11.3. The first kappa shape index (κ1) is 22.1. The molecular weight excluding hydrogens is 384 g/mol. The van der Waals surface area contributed by atoms with E-state index in [-0.39, 0.29) is 16.7 Å². The average molecular weight is 421 g/mol. The topological polar surface area (TPSA) is 46.5 Å². The zero-order valence-electron chi connectivity index (χ0n) is 19.8. The fourth-order valence-electron chi connectivity index (χ4n) is 6.10. The Kier molecular flexibility index (Phi) is 5.33. The molecule has 0 aliphatic heterocycles. The summed E-state index contributed by atoms with van der Waals surface area (Å²) in [5, 5.41) is 9.30. The molecule has 1 N–H and O–H groups in total. The van der Waals surface area contributed by atoms with E-state index in [1.165, 1.54) is 35.1 Å². The van der Waals surface area contributed by atoms with Gasteiger partial charge in [-0.1, -0.05) is 52.0 Å². The number of benzene rings is 2. The molecule has 2 aliphatic rings. The average Bonchev–Trinajstić information content (AvgIpc) is 3.16. The third-order valence-corrected chi connectivity index (χ3v) is 8.20. The quantitative estimate of drug-likeness (QED) is 0.588. The first-order valence-corrected chi connectivity index (χ1v) is 11.6. The molecule has 3 heteroatoms. The van der Waals surface area contributed by atoms with Gasteiger partial charge in [-0.25, -0.2) is 4.79 Å². The van der Waals surface area contributed by atoms with Crippen LogP contribution in [0, 0.1) is 6.92 Å². The lowest BCUT2D eigenvalue weighted by Gasteiger charge is -2.43. The SMILES string of the molecule is COC1(c2ccc(C(=O)O)cc2)CCCC1c1cc2c(cc1C)C(C)(C)CCC2(C)C. The molecule has 2 atom stereocenters. The molecule has 2 unspecified atom stereocenters. The number of aryl methyl sites for hydroxylation is 1. The summed E-state index contributed by atoms with van der Waals surface area (Å²) < 4.78 is 6.30. The molecule has 0 amide bonds. The van der Waals surface area contributed by atoms with E-state index < -0.39 is 11.6 Å². The molecule has 1 fully saturated rings. The van der Waals surface area contributed by atoms with Crippen molar-refractivity contribution in [2.24, 2.45) is 0 Å². The maximum Gasteiger partial charge on any atom is 0.335 e. The van der Waals surface area contributed by atoms with Crippen LogP contribution < -0.4 is 0 Å². The minimum absolute atomic E-state index is 0.171. The van der Waals surface area contributed by atoms with Gasteiger partial charge in [0.25, 0.3) is 0 Å². The van der Waals surface area contributed by atoms with E-state index in [0.717, 1.165) is 24.8 Å². The van der Waals surface area contributed by atoms with Crippen molar-refractivity contribution < 1.29 is 14.6 Å². The Morgan fingerprint density at radius 2 is 1.55 bits per heavy atom. The van der Waals surface area contributed by atoms with Gasteiger partial charge in [-0.15, -0.1) is 0 Å². The van der Waals surface area contributed by atoms with Gasteiger partial charge in [0.15, 0.2) is 0 Å². The van der Waals surface area contributed by atoms with Crippen molar-refractivity contribution in [1.29, 1.82) is 0 Å². The minimum Gasteiger partial charge on any atom is -0.478 e. The Balaban J connectivity index is 1.84. The predicted octanol–water partition coefficient (Wildman–Crippen LogP) is 6.85. The lowest BCUT2D eigenvalue weighted by atomic mass is 9.62. The van der Waals surface area contributed by atoms with Gasteiger partial charge in [0.2, 0.25) is 0 Å². The van der Waals surface area contributed by atoms with Crippen LogP contribution in [0.15, 0.2) is 36.4 Å². The van der Waals surface area contributed by atoms with E-state index in [1.807, 2.05) is 19.2 Å². The second-order valence-electron chi connectivity index (χ2n) is 10.9. The third kappa shape index (κ3) is 3.51. The molecule has 0 heterocycles. The molecule has 0 aromatic heterocycles. The molecule has 0 bridgehead atoms. The van der Waals surface area contributed by atoms with Gasteiger partial charge in [0.1, 0.15) is 0 Å². The van der Waals surface area contributed by atoms with Crippen molar-refractivity contribution in [1.82, 2.24) is 0 Å². The van der Waals surface area contributed by atoms with Gasteiger partial charge in [-0.05, 0) is 89.8 Å². The number of ether oxygens (including phenoxy) is 1.